The maximum atomic E-state index is 13.1. The molecule has 6 heteroatoms. The smallest absolute Gasteiger partial charge is 0.205 e. The molecular formula is C22H18N2O3S. The number of carbonyl (C=O) groups is 1. The SMILES string of the molecule is COc1ccc(C(=O)c2sc3nc4c(c(-c5ccco5)c3c2N)CCC4)cc1. The molecule has 0 saturated carbocycles. The van der Waals surface area contributed by atoms with Crippen LogP contribution >= 0.6 is 11.3 Å². The molecule has 2 N–H and O–H groups in total. The average molecular weight is 390 g/mol. The van der Waals surface area contributed by atoms with Crippen LogP contribution in [0.25, 0.3) is 21.5 Å². The Balaban J connectivity index is 1.71. The fourth-order valence-electron chi connectivity index (χ4n) is 3.88. The number of aromatic nitrogens is 1. The molecule has 28 heavy (non-hydrogen) atoms. The van der Waals surface area contributed by atoms with Gasteiger partial charge in [-0.05, 0) is 61.2 Å². The van der Waals surface area contributed by atoms with Gasteiger partial charge in [0.25, 0.3) is 0 Å². The Morgan fingerprint density at radius 2 is 2.04 bits per heavy atom. The minimum absolute atomic E-state index is 0.103. The van der Waals surface area contributed by atoms with E-state index in [4.69, 9.17) is 19.9 Å². The van der Waals surface area contributed by atoms with E-state index in [1.54, 1.807) is 37.6 Å². The van der Waals surface area contributed by atoms with Crippen LogP contribution in [0.5, 0.6) is 5.75 Å². The van der Waals surface area contributed by atoms with Gasteiger partial charge in [-0.1, -0.05) is 0 Å². The minimum Gasteiger partial charge on any atom is -0.497 e. The van der Waals surface area contributed by atoms with Gasteiger partial charge in [-0.15, -0.1) is 11.3 Å². The summed E-state index contributed by atoms with van der Waals surface area (Å²) in [5.41, 5.74) is 10.8. The number of ketones is 1. The number of thiophene rings is 1. The molecule has 0 amide bonds. The third-order valence-electron chi connectivity index (χ3n) is 5.23. The number of pyridine rings is 1. The molecule has 0 atom stereocenters. The number of aryl methyl sites for hydroxylation is 1. The molecule has 1 aliphatic rings. The maximum absolute atomic E-state index is 13.1. The average Bonchev–Trinajstić information content (AvgIpc) is 3.47. The molecule has 1 aliphatic carbocycles. The summed E-state index contributed by atoms with van der Waals surface area (Å²) in [7, 11) is 1.60. The molecule has 0 radical (unpaired) electrons. The zero-order valence-corrected chi connectivity index (χ0v) is 16.1. The van der Waals surface area contributed by atoms with Crippen molar-refractivity contribution in [2.24, 2.45) is 0 Å². The fourth-order valence-corrected chi connectivity index (χ4v) is 4.97. The molecule has 5 nitrogen and oxygen atoms in total. The molecular weight excluding hydrogens is 372 g/mol. The number of carbonyl (C=O) groups excluding carboxylic acids is 1. The van der Waals surface area contributed by atoms with Crippen molar-refractivity contribution in [2.45, 2.75) is 19.3 Å². The molecule has 0 saturated heterocycles. The molecule has 0 spiro atoms. The molecule has 0 bridgehead atoms. The van der Waals surface area contributed by atoms with E-state index in [0.29, 0.717) is 21.9 Å². The third-order valence-corrected chi connectivity index (χ3v) is 6.33. The zero-order chi connectivity index (χ0) is 19.3. The lowest BCUT2D eigenvalue weighted by molar-refractivity contribution is 0.104. The first-order chi connectivity index (χ1) is 13.7. The van der Waals surface area contributed by atoms with Crippen molar-refractivity contribution in [3.8, 4) is 17.1 Å². The highest BCUT2D eigenvalue weighted by atomic mass is 32.1. The summed E-state index contributed by atoms with van der Waals surface area (Å²) in [5, 5.41) is 0.831. The summed E-state index contributed by atoms with van der Waals surface area (Å²) in [5.74, 6) is 1.38. The quantitative estimate of drug-likeness (QED) is 0.503. The lowest BCUT2D eigenvalue weighted by atomic mass is 9.99. The standard InChI is InChI=1S/C22H18N2O3S/c1-26-13-9-7-12(8-10-13)20(25)21-19(23)18-17(16-6-3-11-27-16)14-4-2-5-15(14)24-22(18)28-21/h3,6-11H,2,4-5,23H2,1H3. The molecule has 0 aliphatic heterocycles. The molecule has 3 aromatic heterocycles. The summed E-state index contributed by atoms with van der Waals surface area (Å²) < 4.78 is 10.9. The van der Waals surface area contributed by atoms with Crippen molar-refractivity contribution in [1.29, 1.82) is 0 Å². The molecule has 0 fully saturated rings. The number of anilines is 1. The van der Waals surface area contributed by atoms with Gasteiger partial charge in [-0.2, -0.15) is 0 Å². The Morgan fingerprint density at radius 1 is 1.21 bits per heavy atom. The second kappa shape index (κ2) is 6.49. The third kappa shape index (κ3) is 2.52. The van der Waals surface area contributed by atoms with Crippen molar-refractivity contribution in [1.82, 2.24) is 4.98 Å². The number of rotatable bonds is 4. The number of hydrogen-bond acceptors (Lipinski definition) is 6. The topological polar surface area (TPSA) is 78.3 Å². The summed E-state index contributed by atoms with van der Waals surface area (Å²) in [6, 6.07) is 10.9. The summed E-state index contributed by atoms with van der Waals surface area (Å²) in [6.45, 7) is 0. The largest absolute Gasteiger partial charge is 0.497 e. The predicted molar refractivity (Wildman–Crippen MR) is 110 cm³/mol. The first kappa shape index (κ1) is 17.0. The van der Waals surface area contributed by atoms with Gasteiger partial charge in [0.15, 0.2) is 0 Å². The second-order valence-electron chi connectivity index (χ2n) is 6.83. The fraction of sp³-hybridized carbons (Fsp3) is 0.182. The number of benzene rings is 1. The molecule has 4 aromatic rings. The van der Waals surface area contributed by atoms with Crippen LogP contribution in [0.4, 0.5) is 5.69 Å². The lowest BCUT2D eigenvalue weighted by Crippen LogP contribution is -2.02. The molecule has 140 valence electrons. The number of methoxy groups -OCH3 is 1. The van der Waals surface area contributed by atoms with Crippen molar-refractivity contribution < 1.29 is 13.9 Å². The lowest BCUT2D eigenvalue weighted by Gasteiger charge is -2.08. The van der Waals surface area contributed by atoms with Gasteiger partial charge in [-0.25, -0.2) is 4.98 Å². The van der Waals surface area contributed by atoms with E-state index in [2.05, 4.69) is 0 Å². The Bertz CT molecular complexity index is 1190. The summed E-state index contributed by atoms with van der Waals surface area (Å²) in [4.78, 5) is 19.3. The number of furan rings is 1. The number of fused-ring (bicyclic) bond motifs is 2. The van der Waals surface area contributed by atoms with Gasteiger partial charge in [0, 0.05) is 22.2 Å². The molecule has 0 unspecified atom stereocenters. The van der Waals surface area contributed by atoms with Crippen LogP contribution in [0.15, 0.2) is 47.1 Å². The molecule has 1 aromatic carbocycles. The van der Waals surface area contributed by atoms with Crippen molar-refractivity contribution in [2.75, 3.05) is 12.8 Å². The highest BCUT2D eigenvalue weighted by Crippen LogP contribution is 2.44. The van der Waals surface area contributed by atoms with E-state index in [0.717, 1.165) is 46.5 Å². The van der Waals surface area contributed by atoms with Gasteiger partial charge in [-0.3, -0.25) is 4.79 Å². The first-order valence-electron chi connectivity index (χ1n) is 9.13. The van der Waals surface area contributed by atoms with Gasteiger partial charge in [0.05, 0.1) is 19.1 Å². The first-order valence-corrected chi connectivity index (χ1v) is 9.95. The van der Waals surface area contributed by atoms with Crippen LogP contribution < -0.4 is 10.5 Å². The minimum atomic E-state index is -0.103. The van der Waals surface area contributed by atoms with Gasteiger partial charge in [0.1, 0.15) is 21.2 Å². The van der Waals surface area contributed by atoms with E-state index in [1.165, 1.54) is 16.9 Å². The molecule has 5 rings (SSSR count). The van der Waals surface area contributed by atoms with E-state index in [-0.39, 0.29) is 5.78 Å². The number of ether oxygens (including phenoxy) is 1. The summed E-state index contributed by atoms with van der Waals surface area (Å²) >= 11 is 1.36. The van der Waals surface area contributed by atoms with Crippen LogP contribution in [0.1, 0.15) is 32.9 Å². The van der Waals surface area contributed by atoms with Gasteiger partial charge >= 0.3 is 0 Å². The Hall–Kier alpha value is -3.12. The predicted octanol–water partition coefficient (Wildman–Crippen LogP) is 4.87. The Kier molecular flexibility index (Phi) is 3.94. The van der Waals surface area contributed by atoms with Crippen LogP contribution in [0.3, 0.4) is 0 Å². The second-order valence-corrected chi connectivity index (χ2v) is 7.82. The van der Waals surface area contributed by atoms with E-state index < -0.39 is 0 Å². The number of hydrogen-bond donors (Lipinski definition) is 1. The summed E-state index contributed by atoms with van der Waals surface area (Å²) in [6.07, 6.45) is 4.63. The Morgan fingerprint density at radius 3 is 2.75 bits per heavy atom. The van der Waals surface area contributed by atoms with Crippen molar-refractivity contribution in [3.63, 3.8) is 0 Å². The van der Waals surface area contributed by atoms with Crippen LogP contribution in [0, 0.1) is 0 Å². The van der Waals surface area contributed by atoms with E-state index in [9.17, 15) is 4.79 Å². The number of nitrogens with two attached hydrogens (primary N) is 1. The van der Waals surface area contributed by atoms with E-state index in [1.807, 2.05) is 12.1 Å². The highest BCUT2D eigenvalue weighted by molar-refractivity contribution is 7.21. The van der Waals surface area contributed by atoms with Crippen molar-refractivity contribution >= 4 is 33.0 Å². The van der Waals surface area contributed by atoms with Crippen LogP contribution in [0.2, 0.25) is 0 Å². The molecule has 3 heterocycles. The Labute approximate surface area is 165 Å². The monoisotopic (exact) mass is 390 g/mol. The van der Waals surface area contributed by atoms with Gasteiger partial charge in [0.2, 0.25) is 5.78 Å². The number of nitrogen functional groups attached to an aromatic ring is 1. The highest BCUT2D eigenvalue weighted by Gasteiger charge is 2.27. The van der Waals surface area contributed by atoms with E-state index >= 15 is 0 Å². The maximum Gasteiger partial charge on any atom is 0.205 e. The van der Waals surface area contributed by atoms with Gasteiger partial charge < -0.3 is 14.9 Å². The van der Waals surface area contributed by atoms with Crippen LogP contribution in [-0.2, 0) is 12.8 Å². The van der Waals surface area contributed by atoms with Crippen LogP contribution in [-0.4, -0.2) is 17.9 Å². The van der Waals surface area contributed by atoms with Crippen molar-refractivity contribution in [3.05, 3.63) is 64.4 Å². The number of nitrogens with zero attached hydrogens (tertiary/aromatic N) is 1. The normalized spacial score (nSPS) is 13.0. The zero-order valence-electron chi connectivity index (χ0n) is 15.3.